The molecule has 3 heteroatoms. The molecule has 0 aromatic heterocycles. The van der Waals surface area contributed by atoms with Crippen LogP contribution in [0.2, 0.25) is 0 Å². The van der Waals surface area contributed by atoms with Crippen LogP contribution in [0.15, 0.2) is 0 Å². The summed E-state index contributed by atoms with van der Waals surface area (Å²) in [6.07, 6.45) is 7.12. The van der Waals surface area contributed by atoms with Crippen LogP contribution < -0.4 is 5.73 Å². The molecule has 0 radical (unpaired) electrons. The number of piperidine rings is 1. The second kappa shape index (κ2) is 5.25. The maximum atomic E-state index is 6.08. The molecule has 1 aliphatic carbocycles. The molecule has 0 bridgehead atoms. The van der Waals surface area contributed by atoms with Crippen LogP contribution in [0.5, 0.6) is 0 Å². The van der Waals surface area contributed by atoms with Gasteiger partial charge in [-0.2, -0.15) is 0 Å². The summed E-state index contributed by atoms with van der Waals surface area (Å²) in [7, 11) is 1.80. The maximum absolute atomic E-state index is 6.08. The summed E-state index contributed by atoms with van der Waals surface area (Å²) in [4.78, 5) is 2.67. The highest BCUT2D eigenvalue weighted by Crippen LogP contribution is 2.40. The second-order valence-corrected chi connectivity index (χ2v) is 6.03. The van der Waals surface area contributed by atoms with Crippen molar-refractivity contribution in [2.45, 2.75) is 63.6 Å². The lowest BCUT2D eigenvalue weighted by atomic mass is 9.84. The van der Waals surface area contributed by atoms with Crippen molar-refractivity contribution in [2.24, 2.45) is 11.7 Å². The lowest BCUT2D eigenvalue weighted by molar-refractivity contribution is -0.0703. The third kappa shape index (κ3) is 2.25. The molecule has 0 aromatic carbocycles. The fraction of sp³-hybridized carbons (Fsp3) is 1.00. The Hall–Kier alpha value is -0.120. The number of fused-ring (bicyclic) bond motifs is 1. The highest BCUT2D eigenvalue weighted by Gasteiger charge is 2.45. The Kier molecular flexibility index (Phi) is 4.11. The third-order valence-corrected chi connectivity index (χ3v) is 5.29. The molecule has 17 heavy (non-hydrogen) atoms. The maximum Gasteiger partial charge on any atom is 0.0736 e. The van der Waals surface area contributed by atoms with E-state index in [9.17, 15) is 0 Å². The summed E-state index contributed by atoms with van der Waals surface area (Å²) >= 11 is 0. The minimum atomic E-state index is 0.00241. The first-order valence-corrected chi connectivity index (χ1v) is 7.13. The average Bonchev–Trinajstić information content (AvgIpc) is 2.84. The van der Waals surface area contributed by atoms with E-state index in [1.54, 1.807) is 7.11 Å². The summed E-state index contributed by atoms with van der Waals surface area (Å²) in [5.74, 6) is 0.915. The minimum Gasteiger partial charge on any atom is -0.380 e. The van der Waals surface area contributed by atoms with Crippen molar-refractivity contribution in [1.29, 1.82) is 0 Å². The van der Waals surface area contributed by atoms with Gasteiger partial charge in [-0.1, -0.05) is 6.42 Å². The van der Waals surface area contributed by atoms with Gasteiger partial charge < -0.3 is 10.5 Å². The number of hydrogen-bond donors (Lipinski definition) is 1. The average molecular weight is 240 g/mol. The molecule has 1 aliphatic heterocycles. The molecule has 1 saturated carbocycles. The number of nitrogens with zero attached hydrogens (tertiary/aromatic N) is 1. The quantitative estimate of drug-likeness (QED) is 0.817. The molecule has 2 aliphatic rings. The van der Waals surface area contributed by atoms with Gasteiger partial charge >= 0.3 is 0 Å². The van der Waals surface area contributed by atoms with Gasteiger partial charge in [-0.25, -0.2) is 0 Å². The first kappa shape index (κ1) is 13.3. The molecule has 0 aromatic rings. The minimum absolute atomic E-state index is 0.00241. The van der Waals surface area contributed by atoms with Gasteiger partial charge in [0.15, 0.2) is 0 Å². The highest BCUT2D eigenvalue weighted by molar-refractivity contribution is 5.01. The second-order valence-electron chi connectivity index (χ2n) is 6.03. The van der Waals surface area contributed by atoms with E-state index in [2.05, 4.69) is 18.7 Å². The van der Waals surface area contributed by atoms with Crippen molar-refractivity contribution < 1.29 is 4.74 Å². The molecule has 1 heterocycles. The predicted molar refractivity (Wildman–Crippen MR) is 71.0 cm³/mol. The molecular weight excluding hydrogens is 212 g/mol. The number of methoxy groups -OCH3 is 1. The first-order valence-electron chi connectivity index (χ1n) is 7.13. The van der Waals surface area contributed by atoms with Gasteiger partial charge in [0.25, 0.3) is 0 Å². The summed E-state index contributed by atoms with van der Waals surface area (Å²) in [6.45, 7) is 6.32. The molecule has 2 N–H and O–H groups in total. The Morgan fingerprint density at radius 3 is 2.71 bits per heavy atom. The zero-order valence-electron chi connectivity index (χ0n) is 11.6. The lowest BCUT2D eigenvalue weighted by Gasteiger charge is -2.51. The molecule has 0 amide bonds. The zero-order chi connectivity index (χ0) is 12.5. The van der Waals surface area contributed by atoms with E-state index in [1.165, 1.54) is 38.6 Å². The summed E-state index contributed by atoms with van der Waals surface area (Å²) in [5, 5.41) is 0. The SMILES string of the molecule is COC(C)C(C)(CN)N1CCCC2CCCC21. The molecule has 2 fully saturated rings. The van der Waals surface area contributed by atoms with Crippen LogP contribution in [0.25, 0.3) is 0 Å². The van der Waals surface area contributed by atoms with Crippen LogP contribution in [-0.2, 0) is 4.74 Å². The van der Waals surface area contributed by atoms with Gasteiger partial charge in [0.05, 0.1) is 11.6 Å². The van der Waals surface area contributed by atoms with Crippen molar-refractivity contribution in [3.8, 4) is 0 Å². The van der Waals surface area contributed by atoms with Crippen molar-refractivity contribution in [2.75, 3.05) is 20.2 Å². The summed E-state index contributed by atoms with van der Waals surface area (Å²) < 4.78 is 5.59. The Balaban J connectivity index is 2.17. The molecule has 3 nitrogen and oxygen atoms in total. The molecule has 2 rings (SSSR count). The van der Waals surface area contributed by atoms with Crippen molar-refractivity contribution in [1.82, 2.24) is 4.90 Å². The summed E-state index contributed by atoms with van der Waals surface area (Å²) in [5.41, 5.74) is 6.08. The number of nitrogens with two attached hydrogens (primary N) is 1. The van der Waals surface area contributed by atoms with Crippen LogP contribution in [0, 0.1) is 5.92 Å². The van der Waals surface area contributed by atoms with Gasteiger partial charge in [-0.15, -0.1) is 0 Å². The van der Waals surface area contributed by atoms with E-state index >= 15 is 0 Å². The Morgan fingerprint density at radius 2 is 2.06 bits per heavy atom. The summed E-state index contributed by atoms with van der Waals surface area (Å²) in [6, 6.07) is 0.759. The highest BCUT2D eigenvalue weighted by atomic mass is 16.5. The molecule has 4 atom stereocenters. The molecule has 1 saturated heterocycles. The first-order chi connectivity index (χ1) is 8.13. The van der Waals surface area contributed by atoms with Crippen molar-refractivity contribution in [3.05, 3.63) is 0 Å². The smallest absolute Gasteiger partial charge is 0.0736 e. The van der Waals surface area contributed by atoms with Gasteiger partial charge in [-0.05, 0) is 52.0 Å². The van der Waals surface area contributed by atoms with E-state index in [0.717, 1.165) is 12.0 Å². The van der Waals surface area contributed by atoms with Crippen LogP contribution >= 0.6 is 0 Å². The van der Waals surface area contributed by atoms with E-state index in [4.69, 9.17) is 10.5 Å². The van der Waals surface area contributed by atoms with E-state index in [0.29, 0.717) is 6.54 Å². The number of ether oxygens (including phenoxy) is 1. The van der Waals surface area contributed by atoms with E-state index < -0.39 is 0 Å². The third-order valence-electron chi connectivity index (χ3n) is 5.29. The lowest BCUT2D eigenvalue weighted by Crippen LogP contribution is -2.64. The molecule has 100 valence electrons. The fourth-order valence-electron chi connectivity index (χ4n) is 3.86. The number of hydrogen-bond acceptors (Lipinski definition) is 3. The topological polar surface area (TPSA) is 38.5 Å². The molecule has 4 unspecified atom stereocenters. The van der Waals surface area contributed by atoms with Crippen LogP contribution in [0.4, 0.5) is 0 Å². The van der Waals surface area contributed by atoms with Gasteiger partial charge in [0, 0.05) is 19.7 Å². The van der Waals surface area contributed by atoms with Crippen LogP contribution in [0.3, 0.4) is 0 Å². The number of rotatable bonds is 4. The van der Waals surface area contributed by atoms with E-state index in [-0.39, 0.29) is 11.6 Å². The normalized spacial score (nSPS) is 35.3. The van der Waals surface area contributed by atoms with Gasteiger partial charge in [0.1, 0.15) is 0 Å². The van der Waals surface area contributed by atoms with E-state index in [1.807, 2.05) is 0 Å². The van der Waals surface area contributed by atoms with Crippen molar-refractivity contribution >= 4 is 0 Å². The standard InChI is InChI=1S/C14H28N2O/c1-11(17-3)14(2,10-15)16-9-5-7-12-6-4-8-13(12)16/h11-13H,4-10,15H2,1-3H3. The Labute approximate surface area is 106 Å². The van der Waals surface area contributed by atoms with Crippen LogP contribution in [-0.4, -0.2) is 42.8 Å². The number of likely N-dealkylation sites (tertiary alicyclic amines) is 1. The Morgan fingerprint density at radius 1 is 1.35 bits per heavy atom. The Bertz CT molecular complexity index is 259. The zero-order valence-corrected chi connectivity index (χ0v) is 11.6. The van der Waals surface area contributed by atoms with Gasteiger partial charge in [0.2, 0.25) is 0 Å². The monoisotopic (exact) mass is 240 g/mol. The van der Waals surface area contributed by atoms with Gasteiger partial charge in [-0.3, -0.25) is 4.90 Å². The predicted octanol–water partition coefficient (Wildman–Crippen LogP) is 2.00. The van der Waals surface area contributed by atoms with Crippen LogP contribution in [0.1, 0.15) is 46.0 Å². The fourth-order valence-corrected chi connectivity index (χ4v) is 3.86. The molecular formula is C14H28N2O. The molecule has 0 spiro atoms. The largest absolute Gasteiger partial charge is 0.380 e. The van der Waals surface area contributed by atoms with Crippen molar-refractivity contribution in [3.63, 3.8) is 0 Å².